The van der Waals surface area contributed by atoms with Crippen LogP contribution in [0.3, 0.4) is 0 Å². The number of nitro groups is 1. The maximum Gasteiger partial charge on any atom is 0.309 e. The summed E-state index contributed by atoms with van der Waals surface area (Å²) < 4.78 is 10.8. The molecule has 8 nitrogen and oxygen atoms in total. The number of rotatable bonds is 5. The van der Waals surface area contributed by atoms with E-state index >= 15 is 0 Å². The Kier molecular flexibility index (Phi) is 4.05. The number of non-ortho nitro benzene ring substituents is 1. The molecule has 1 aromatic carbocycles. The molecule has 1 aliphatic carbocycles. The molecule has 1 aliphatic rings. The Bertz CT molecular complexity index is 721. The van der Waals surface area contributed by atoms with Crippen LogP contribution in [-0.4, -0.2) is 21.1 Å². The van der Waals surface area contributed by atoms with Gasteiger partial charge in [-0.05, 0) is 31.9 Å². The van der Waals surface area contributed by atoms with E-state index in [-0.39, 0.29) is 29.4 Å². The number of ether oxygens (including phenoxy) is 1. The van der Waals surface area contributed by atoms with Gasteiger partial charge < -0.3 is 9.15 Å². The van der Waals surface area contributed by atoms with Crippen LogP contribution in [0.1, 0.15) is 38.2 Å². The van der Waals surface area contributed by atoms with E-state index in [2.05, 4.69) is 10.2 Å². The lowest BCUT2D eigenvalue weighted by Gasteiger charge is -2.24. The van der Waals surface area contributed by atoms with Gasteiger partial charge >= 0.3 is 5.97 Å². The molecular formula is C15H15N3O5. The molecule has 0 bridgehead atoms. The minimum absolute atomic E-state index is 0.0173. The lowest BCUT2D eigenvalue weighted by Crippen LogP contribution is -2.25. The normalized spacial score (nSPS) is 15.7. The van der Waals surface area contributed by atoms with Crippen LogP contribution in [0.4, 0.5) is 5.69 Å². The first-order valence-corrected chi connectivity index (χ1v) is 7.33. The zero-order valence-corrected chi connectivity index (χ0v) is 12.5. The van der Waals surface area contributed by atoms with Gasteiger partial charge in [-0.1, -0.05) is 6.42 Å². The van der Waals surface area contributed by atoms with Crippen LogP contribution in [0.5, 0.6) is 0 Å². The van der Waals surface area contributed by atoms with Crippen LogP contribution in [0.15, 0.2) is 28.7 Å². The first kappa shape index (κ1) is 15.1. The zero-order valence-electron chi connectivity index (χ0n) is 12.5. The third kappa shape index (κ3) is 3.20. The smallest absolute Gasteiger partial charge is 0.309 e. The molecule has 1 saturated carbocycles. The van der Waals surface area contributed by atoms with E-state index in [1.165, 1.54) is 24.3 Å². The SMILES string of the molecule is C[C@@H](OC(=O)C1CCC1)c1nnc(-c2ccc([N+](=O)[O-])cc2)o1. The summed E-state index contributed by atoms with van der Waals surface area (Å²) in [5, 5.41) is 18.4. The number of nitrogens with zero attached hydrogens (tertiary/aromatic N) is 3. The number of carbonyl (C=O) groups excluding carboxylic acids is 1. The highest BCUT2D eigenvalue weighted by Gasteiger charge is 2.29. The van der Waals surface area contributed by atoms with Crippen molar-refractivity contribution in [1.82, 2.24) is 10.2 Å². The van der Waals surface area contributed by atoms with Crippen molar-refractivity contribution in [3.05, 3.63) is 40.3 Å². The number of aromatic nitrogens is 2. The fourth-order valence-corrected chi connectivity index (χ4v) is 2.21. The first-order chi connectivity index (χ1) is 11.0. The molecule has 1 atom stereocenters. The van der Waals surface area contributed by atoms with Crippen molar-refractivity contribution in [2.45, 2.75) is 32.3 Å². The molecule has 0 aliphatic heterocycles. The summed E-state index contributed by atoms with van der Waals surface area (Å²) in [6, 6.07) is 5.78. The average Bonchev–Trinajstić information content (AvgIpc) is 2.95. The number of nitro benzene ring substituents is 1. The number of benzene rings is 1. The van der Waals surface area contributed by atoms with Gasteiger partial charge in [0.1, 0.15) is 0 Å². The molecule has 3 rings (SSSR count). The Balaban J connectivity index is 1.69. The molecule has 0 amide bonds. The van der Waals surface area contributed by atoms with Gasteiger partial charge in [-0.15, -0.1) is 10.2 Å². The van der Waals surface area contributed by atoms with Gasteiger partial charge in [0, 0.05) is 17.7 Å². The topological polar surface area (TPSA) is 108 Å². The molecule has 1 fully saturated rings. The molecule has 23 heavy (non-hydrogen) atoms. The predicted molar refractivity (Wildman–Crippen MR) is 78.2 cm³/mol. The first-order valence-electron chi connectivity index (χ1n) is 7.33. The third-order valence-corrected chi connectivity index (χ3v) is 3.84. The van der Waals surface area contributed by atoms with Crippen LogP contribution in [0.2, 0.25) is 0 Å². The lowest BCUT2D eigenvalue weighted by atomic mass is 9.86. The summed E-state index contributed by atoms with van der Waals surface area (Å²) in [6.07, 6.45) is 2.16. The van der Waals surface area contributed by atoms with E-state index in [0.29, 0.717) is 5.56 Å². The third-order valence-electron chi connectivity index (χ3n) is 3.84. The summed E-state index contributed by atoms with van der Waals surface area (Å²) in [7, 11) is 0. The second-order valence-corrected chi connectivity index (χ2v) is 5.46. The standard InChI is InChI=1S/C15H15N3O5/c1-9(22-15(19)11-3-2-4-11)13-16-17-14(23-13)10-5-7-12(8-6-10)18(20)21/h5-9,11H,2-4H2,1H3/t9-/m1/s1. The van der Waals surface area contributed by atoms with Crippen molar-refractivity contribution in [3.63, 3.8) is 0 Å². The van der Waals surface area contributed by atoms with Gasteiger partial charge in [-0.2, -0.15) is 0 Å². The second kappa shape index (κ2) is 6.15. The molecule has 1 aromatic heterocycles. The Morgan fingerprint density at radius 2 is 2.04 bits per heavy atom. The van der Waals surface area contributed by atoms with E-state index in [4.69, 9.17) is 9.15 Å². The van der Waals surface area contributed by atoms with Crippen molar-refractivity contribution in [3.8, 4) is 11.5 Å². The van der Waals surface area contributed by atoms with Gasteiger partial charge in [-0.3, -0.25) is 14.9 Å². The highest BCUT2D eigenvalue weighted by Crippen LogP contribution is 2.30. The Labute approximate surface area is 131 Å². The van der Waals surface area contributed by atoms with Crippen LogP contribution in [0.25, 0.3) is 11.5 Å². The summed E-state index contributed by atoms with van der Waals surface area (Å²) in [5.74, 6) is 0.167. The van der Waals surface area contributed by atoms with Gasteiger partial charge in [0.25, 0.3) is 11.6 Å². The Hall–Kier alpha value is -2.77. The van der Waals surface area contributed by atoms with E-state index < -0.39 is 11.0 Å². The molecule has 0 saturated heterocycles. The minimum atomic E-state index is -0.623. The maximum atomic E-state index is 11.8. The number of esters is 1. The quantitative estimate of drug-likeness (QED) is 0.473. The van der Waals surface area contributed by atoms with Crippen molar-refractivity contribution >= 4 is 11.7 Å². The van der Waals surface area contributed by atoms with E-state index in [1.807, 2.05) is 0 Å². The zero-order chi connectivity index (χ0) is 16.4. The summed E-state index contributed by atoms with van der Waals surface area (Å²) in [5.41, 5.74) is 0.545. The molecule has 2 aromatic rings. The fourth-order valence-electron chi connectivity index (χ4n) is 2.21. The predicted octanol–water partition coefficient (Wildman–Crippen LogP) is 3.05. The van der Waals surface area contributed by atoms with Crippen LogP contribution >= 0.6 is 0 Å². The Morgan fingerprint density at radius 1 is 1.35 bits per heavy atom. The van der Waals surface area contributed by atoms with E-state index in [9.17, 15) is 14.9 Å². The maximum absolute atomic E-state index is 11.8. The van der Waals surface area contributed by atoms with Gasteiger partial charge in [0.15, 0.2) is 6.10 Å². The van der Waals surface area contributed by atoms with Crippen molar-refractivity contribution in [2.24, 2.45) is 5.92 Å². The lowest BCUT2D eigenvalue weighted by molar-refractivity contribution is -0.384. The fraction of sp³-hybridized carbons (Fsp3) is 0.400. The van der Waals surface area contributed by atoms with Gasteiger partial charge in [-0.25, -0.2) is 0 Å². The Morgan fingerprint density at radius 3 is 2.61 bits per heavy atom. The monoisotopic (exact) mass is 317 g/mol. The minimum Gasteiger partial charge on any atom is -0.452 e. The molecule has 120 valence electrons. The van der Waals surface area contributed by atoms with Crippen LogP contribution in [-0.2, 0) is 9.53 Å². The average molecular weight is 317 g/mol. The van der Waals surface area contributed by atoms with E-state index in [1.54, 1.807) is 6.92 Å². The van der Waals surface area contributed by atoms with Crippen LogP contribution in [0, 0.1) is 16.0 Å². The summed E-state index contributed by atoms with van der Waals surface area (Å²) >= 11 is 0. The van der Waals surface area contributed by atoms with E-state index in [0.717, 1.165) is 19.3 Å². The highest BCUT2D eigenvalue weighted by atomic mass is 16.6. The summed E-state index contributed by atoms with van der Waals surface area (Å²) in [6.45, 7) is 1.67. The van der Waals surface area contributed by atoms with Gasteiger partial charge in [0.2, 0.25) is 5.89 Å². The molecule has 1 heterocycles. The highest BCUT2D eigenvalue weighted by molar-refractivity contribution is 5.73. The van der Waals surface area contributed by atoms with Crippen molar-refractivity contribution in [2.75, 3.05) is 0 Å². The van der Waals surface area contributed by atoms with Crippen LogP contribution < -0.4 is 0 Å². The summed E-state index contributed by atoms with van der Waals surface area (Å²) in [4.78, 5) is 22.0. The van der Waals surface area contributed by atoms with Crippen molar-refractivity contribution < 1.29 is 18.9 Å². The van der Waals surface area contributed by atoms with Gasteiger partial charge in [0.05, 0.1) is 10.8 Å². The number of hydrogen-bond donors (Lipinski definition) is 0. The largest absolute Gasteiger partial charge is 0.452 e. The molecular weight excluding hydrogens is 302 g/mol. The molecule has 0 N–H and O–H groups in total. The molecule has 0 spiro atoms. The molecule has 0 unspecified atom stereocenters. The second-order valence-electron chi connectivity index (χ2n) is 5.46. The number of carbonyl (C=O) groups is 1. The molecule has 8 heteroatoms. The molecule has 0 radical (unpaired) electrons. The van der Waals surface area contributed by atoms with Crippen molar-refractivity contribution in [1.29, 1.82) is 0 Å². The number of hydrogen-bond acceptors (Lipinski definition) is 7.